The zero-order valence-electron chi connectivity index (χ0n) is 8.45. The summed E-state index contributed by atoms with van der Waals surface area (Å²) < 4.78 is 13.5. The van der Waals surface area contributed by atoms with Gasteiger partial charge in [-0.2, -0.15) is 0 Å². The predicted molar refractivity (Wildman–Crippen MR) is 48.4 cm³/mol. The summed E-state index contributed by atoms with van der Waals surface area (Å²) in [6, 6.07) is 0. The monoisotopic (exact) mass is 160 g/mol. The van der Waals surface area contributed by atoms with Gasteiger partial charge in [0.1, 0.15) is 6.17 Å². The van der Waals surface area contributed by atoms with E-state index in [1.54, 1.807) is 0 Å². The Morgan fingerprint density at radius 3 is 2.00 bits per heavy atom. The first-order valence-electron chi connectivity index (χ1n) is 4.53. The summed E-state index contributed by atoms with van der Waals surface area (Å²) in [5, 5.41) is 0. The van der Waals surface area contributed by atoms with E-state index in [0.29, 0.717) is 0 Å². The molecule has 2 unspecified atom stereocenters. The van der Waals surface area contributed by atoms with Crippen molar-refractivity contribution in [1.82, 2.24) is 0 Å². The maximum absolute atomic E-state index is 13.5. The minimum atomic E-state index is -0.664. The van der Waals surface area contributed by atoms with Crippen molar-refractivity contribution in [2.75, 3.05) is 0 Å². The van der Waals surface area contributed by atoms with Crippen molar-refractivity contribution in [2.24, 2.45) is 11.3 Å². The molecule has 0 fully saturated rings. The second kappa shape index (κ2) is 4.08. The van der Waals surface area contributed by atoms with E-state index in [4.69, 9.17) is 0 Å². The van der Waals surface area contributed by atoms with Crippen molar-refractivity contribution in [1.29, 1.82) is 0 Å². The molecule has 0 radical (unpaired) electrons. The number of alkyl halides is 1. The number of hydrogen-bond acceptors (Lipinski definition) is 0. The van der Waals surface area contributed by atoms with Crippen LogP contribution in [-0.4, -0.2) is 6.17 Å². The quantitative estimate of drug-likeness (QED) is 0.589. The molecule has 0 aliphatic carbocycles. The van der Waals surface area contributed by atoms with Crippen LogP contribution < -0.4 is 0 Å². The third-order valence-electron chi connectivity index (χ3n) is 2.07. The van der Waals surface area contributed by atoms with Gasteiger partial charge in [0.2, 0.25) is 0 Å². The SMILES string of the molecule is CCCC(C)C(F)C(C)(C)C. The highest BCUT2D eigenvalue weighted by Crippen LogP contribution is 2.30. The van der Waals surface area contributed by atoms with Gasteiger partial charge < -0.3 is 0 Å². The van der Waals surface area contributed by atoms with Crippen molar-refractivity contribution in [2.45, 2.75) is 53.6 Å². The lowest BCUT2D eigenvalue weighted by atomic mass is 9.81. The molecule has 0 aliphatic rings. The fraction of sp³-hybridized carbons (Fsp3) is 1.00. The molecule has 0 aromatic carbocycles. The Balaban J connectivity index is 3.91. The highest BCUT2D eigenvalue weighted by Gasteiger charge is 2.28. The maximum Gasteiger partial charge on any atom is 0.107 e. The Bertz CT molecular complexity index is 102. The van der Waals surface area contributed by atoms with Gasteiger partial charge in [-0.1, -0.05) is 41.0 Å². The normalized spacial score (nSPS) is 18.0. The van der Waals surface area contributed by atoms with Gasteiger partial charge in [-0.05, 0) is 17.8 Å². The van der Waals surface area contributed by atoms with Gasteiger partial charge in [-0.15, -0.1) is 0 Å². The number of rotatable bonds is 3. The van der Waals surface area contributed by atoms with E-state index in [1.165, 1.54) is 0 Å². The molecule has 0 aromatic rings. The molecule has 0 amide bonds. The summed E-state index contributed by atoms with van der Waals surface area (Å²) in [5.74, 6) is 0.208. The molecule has 0 saturated heterocycles. The van der Waals surface area contributed by atoms with Crippen LogP contribution in [0.25, 0.3) is 0 Å². The molecule has 11 heavy (non-hydrogen) atoms. The zero-order chi connectivity index (χ0) is 9.07. The Kier molecular flexibility index (Phi) is 4.05. The Hall–Kier alpha value is -0.0700. The molecular formula is C10H21F. The third kappa shape index (κ3) is 3.74. The zero-order valence-corrected chi connectivity index (χ0v) is 8.45. The van der Waals surface area contributed by atoms with Crippen LogP contribution in [0.5, 0.6) is 0 Å². The molecular weight excluding hydrogens is 139 g/mol. The summed E-state index contributed by atoms with van der Waals surface area (Å²) in [5.41, 5.74) is -0.186. The minimum Gasteiger partial charge on any atom is -0.247 e. The van der Waals surface area contributed by atoms with Crippen LogP contribution in [-0.2, 0) is 0 Å². The lowest BCUT2D eigenvalue weighted by Gasteiger charge is -2.28. The summed E-state index contributed by atoms with van der Waals surface area (Å²) in [7, 11) is 0. The molecule has 0 heterocycles. The molecule has 2 atom stereocenters. The second-order valence-corrected chi connectivity index (χ2v) is 4.53. The van der Waals surface area contributed by atoms with Crippen LogP contribution in [0, 0.1) is 11.3 Å². The molecule has 68 valence electrons. The summed E-state index contributed by atoms with van der Waals surface area (Å²) in [6.45, 7) is 9.99. The molecule has 0 spiro atoms. The van der Waals surface area contributed by atoms with Crippen LogP contribution in [0.15, 0.2) is 0 Å². The van der Waals surface area contributed by atoms with Crippen molar-refractivity contribution in [3.05, 3.63) is 0 Å². The van der Waals surface area contributed by atoms with Gasteiger partial charge in [0.25, 0.3) is 0 Å². The minimum absolute atomic E-state index is 0.186. The van der Waals surface area contributed by atoms with E-state index >= 15 is 0 Å². The van der Waals surface area contributed by atoms with E-state index in [2.05, 4.69) is 6.92 Å². The van der Waals surface area contributed by atoms with E-state index in [1.807, 2.05) is 27.7 Å². The van der Waals surface area contributed by atoms with Crippen LogP contribution in [0.2, 0.25) is 0 Å². The van der Waals surface area contributed by atoms with Crippen LogP contribution >= 0.6 is 0 Å². The van der Waals surface area contributed by atoms with Gasteiger partial charge in [-0.25, -0.2) is 4.39 Å². The smallest absolute Gasteiger partial charge is 0.107 e. The lowest BCUT2D eigenvalue weighted by molar-refractivity contribution is 0.101. The summed E-state index contributed by atoms with van der Waals surface area (Å²) in [4.78, 5) is 0. The van der Waals surface area contributed by atoms with Gasteiger partial charge in [0.15, 0.2) is 0 Å². The van der Waals surface area contributed by atoms with Crippen LogP contribution in [0.3, 0.4) is 0 Å². The van der Waals surface area contributed by atoms with E-state index < -0.39 is 6.17 Å². The first-order valence-corrected chi connectivity index (χ1v) is 4.53. The van der Waals surface area contributed by atoms with E-state index in [-0.39, 0.29) is 11.3 Å². The fourth-order valence-corrected chi connectivity index (χ4v) is 1.46. The lowest BCUT2D eigenvalue weighted by Crippen LogP contribution is -2.28. The Morgan fingerprint density at radius 1 is 1.27 bits per heavy atom. The number of hydrogen-bond donors (Lipinski definition) is 0. The first kappa shape index (κ1) is 10.9. The highest BCUT2D eigenvalue weighted by atomic mass is 19.1. The van der Waals surface area contributed by atoms with Gasteiger partial charge >= 0.3 is 0 Å². The van der Waals surface area contributed by atoms with Crippen LogP contribution in [0.4, 0.5) is 4.39 Å². The Morgan fingerprint density at radius 2 is 1.73 bits per heavy atom. The fourth-order valence-electron chi connectivity index (χ4n) is 1.46. The van der Waals surface area contributed by atoms with Crippen LogP contribution in [0.1, 0.15) is 47.5 Å². The molecule has 1 heteroatoms. The van der Waals surface area contributed by atoms with Crippen molar-refractivity contribution < 1.29 is 4.39 Å². The average Bonchev–Trinajstić information content (AvgIpc) is 1.85. The topological polar surface area (TPSA) is 0 Å². The van der Waals surface area contributed by atoms with Gasteiger partial charge in [0.05, 0.1) is 0 Å². The molecule has 0 aromatic heterocycles. The maximum atomic E-state index is 13.5. The molecule has 0 bridgehead atoms. The molecule has 0 saturated carbocycles. The average molecular weight is 160 g/mol. The van der Waals surface area contributed by atoms with E-state index in [9.17, 15) is 4.39 Å². The second-order valence-electron chi connectivity index (χ2n) is 4.53. The molecule has 0 N–H and O–H groups in total. The Labute approximate surface area is 70.2 Å². The number of halogens is 1. The van der Waals surface area contributed by atoms with Crippen molar-refractivity contribution in [3.63, 3.8) is 0 Å². The third-order valence-corrected chi connectivity index (χ3v) is 2.07. The first-order chi connectivity index (χ1) is 4.89. The summed E-state index contributed by atoms with van der Waals surface area (Å²) >= 11 is 0. The van der Waals surface area contributed by atoms with E-state index in [0.717, 1.165) is 12.8 Å². The van der Waals surface area contributed by atoms with Crippen molar-refractivity contribution >= 4 is 0 Å². The van der Waals surface area contributed by atoms with Crippen molar-refractivity contribution in [3.8, 4) is 0 Å². The molecule has 0 aliphatic heterocycles. The predicted octanol–water partition coefficient (Wildman–Crippen LogP) is 3.81. The highest BCUT2D eigenvalue weighted by molar-refractivity contribution is 4.77. The molecule has 0 rings (SSSR count). The van der Waals surface area contributed by atoms with Gasteiger partial charge in [0, 0.05) is 0 Å². The summed E-state index contributed by atoms with van der Waals surface area (Å²) in [6.07, 6.45) is 1.42. The van der Waals surface area contributed by atoms with Gasteiger partial charge in [-0.3, -0.25) is 0 Å². The molecule has 0 nitrogen and oxygen atoms in total. The standard InChI is InChI=1S/C10H21F/c1-6-7-8(2)9(11)10(3,4)5/h8-9H,6-7H2,1-5H3. The largest absolute Gasteiger partial charge is 0.247 e.